The van der Waals surface area contributed by atoms with Crippen LogP contribution >= 0.6 is 0 Å². The molecule has 0 unspecified atom stereocenters. The van der Waals surface area contributed by atoms with E-state index in [-0.39, 0.29) is 17.5 Å². The van der Waals surface area contributed by atoms with Gasteiger partial charge in [0.05, 0.1) is 11.7 Å². The lowest BCUT2D eigenvalue weighted by Crippen LogP contribution is -2.49. The maximum absolute atomic E-state index is 13.0. The monoisotopic (exact) mass is 338 g/mol. The summed E-state index contributed by atoms with van der Waals surface area (Å²) in [5, 5.41) is 4.34. The van der Waals surface area contributed by atoms with Crippen molar-refractivity contribution >= 4 is 11.6 Å². The summed E-state index contributed by atoms with van der Waals surface area (Å²) in [4.78, 5) is 28.9. The number of hydrogen-bond donors (Lipinski definition) is 0. The smallest absolute Gasteiger partial charge is 0.266 e. The largest absolute Gasteiger partial charge is 0.310 e. The van der Waals surface area contributed by atoms with E-state index in [1.54, 1.807) is 13.1 Å². The van der Waals surface area contributed by atoms with Crippen molar-refractivity contribution in [2.24, 2.45) is 7.05 Å². The zero-order valence-corrected chi connectivity index (χ0v) is 14.6. The number of anilines is 1. The van der Waals surface area contributed by atoms with E-state index >= 15 is 0 Å². The molecule has 1 atom stereocenters. The van der Waals surface area contributed by atoms with Crippen LogP contribution in [-0.4, -0.2) is 39.7 Å². The molecule has 2 aliphatic heterocycles. The van der Waals surface area contributed by atoms with Gasteiger partial charge in [0, 0.05) is 44.9 Å². The first-order valence-electron chi connectivity index (χ1n) is 8.74. The Bertz CT molecular complexity index is 889. The van der Waals surface area contributed by atoms with Crippen LogP contribution in [0.15, 0.2) is 35.1 Å². The SMILES string of the molecule is C[C@@H](C(=O)N1CCc2ccccc21)N1CCc2nn(C)c(=O)cc2C1. The average Bonchev–Trinajstić information content (AvgIpc) is 3.05. The molecular formula is C19H22N4O2. The molecule has 0 N–H and O–H groups in total. The molecule has 0 bridgehead atoms. The zero-order chi connectivity index (χ0) is 17.6. The number of para-hydroxylation sites is 1. The van der Waals surface area contributed by atoms with Crippen molar-refractivity contribution in [2.75, 3.05) is 18.0 Å². The maximum atomic E-state index is 13.0. The van der Waals surface area contributed by atoms with Crippen LogP contribution in [0, 0.1) is 0 Å². The molecule has 0 aliphatic carbocycles. The van der Waals surface area contributed by atoms with Crippen molar-refractivity contribution in [3.8, 4) is 0 Å². The fourth-order valence-electron chi connectivity index (χ4n) is 3.79. The van der Waals surface area contributed by atoms with Crippen molar-refractivity contribution < 1.29 is 4.79 Å². The van der Waals surface area contributed by atoms with Crippen LogP contribution in [0.2, 0.25) is 0 Å². The van der Waals surface area contributed by atoms with Gasteiger partial charge in [-0.05, 0) is 30.5 Å². The Morgan fingerprint density at radius 2 is 1.96 bits per heavy atom. The molecular weight excluding hydrogens is 316 g/mol. The first kappa shape index (κ1) is 16.0. The van der Waals surface area contributed by atoms with Gasteiger partial charge < -0.3 is 4.90 Å². The topological polar surface area (TPSA) is 58.4 Å². The van der Waals surface area contributed by atoms with Gasteiger partial charge in [-0.3, -0.25) is 14.5 Å². The fourth-order valence-corrected chi connectivity index (χ4v) is 3.79. The lowest BCUT2D eigenvalue weighted by Gasteiger charge is -2.34. The van der Waals surface area contributed by atoms with Crippen molar-refractivity contribution in [3.63, 3.8) is 0 Å². The van der Waals surface area contributed by atoms with Gasteiger partial charge in [0.1, 0.15) is 0 Å². The van der Waals surface area contributed by atoms with Crippen molar-refractivity contribution in [1.82, 2.24) is 14.7 Å². The van der Waals surface area contributed by atoms with Crippen LogP contribution in [0.3, 0.4) is 0 Å². The number of fused-ring (bicyclic) bond motifs is 2. The Hall–Kier alpha value is -2.47. The molecule has 0 spiro atoms. The minimum absolute atomic E-state index is 0.104. The summed E-state index contributed by atoms with van der Waals surface area (Å²) < 4.78 is 1.38. The van der Waals surface area contributed by atoms with E-state index in [2.05, 4.69) is 16.1 Å². The van der Waals surface area contributed by atoms with Crippen LogP contribution in [0.4, 0.5) is 5.69 Å². The molecule has 6 nitrogen and oxygen atoms in total. The number of aryl methyl sites for hydroxylation is 1. The Balaban J connectivity index is 1.54. The summed E-state index contributed by atoms with van der Waals surface area (Å²) in [6.07, 6.45) is 1.68. The number of carbonyl (C=O) groups excluding carboxylic acids is 1. The lowest BCUT2D eigenvalue weighted by molar-refractivity contribution is -0.123. The molecule has 1 aromatic carbocycles. The number of carbonyl (C=O) groups is 1. The summed E-state index contributed by atoms with van der Waals surface area (Å²) >= 11 is 0. The Morgan fingerprint density at radius 3 is 2.80 bits per heavy atom. The van der Waals surface area contributed by atoms with Gasteiger partial charge in [-0.2, -0.15) is 5.10 Å². The first-order valence-corrected chi connectivity index (χ1v) is 8.74. The lowest BCUT2D eigenvalue weighted by atomic mass is 10.0. The van der Waals surface area contributed by atoms with Gasteiger partial charge in [-0.1, -0.05) is 18.2 Å². The van der Waals surface area contributed by atoms with Gasteiger partial charge in [-0.25, -0.2) is 4.68 Å². The van der Waals surface area contributed by atoms with Crippen molar-refractivity contribution in [3.05, 3.63) is 57.5 Å². The molecule has 25 heavy (non-hydrogen) atoms. The molecule has 4 rings (SSSR count). The molecule has 2 aromatic rings. The number of amides is 1. The van der Waals surface area contributed by atoms with E-state index < -0.39 is 0 Å². The average molecular weight is 338 g/mol. The summed E-state index contributed by atoms with van der Waals surface area (Å²) in [7, 11) is 1.67. The third-order valence-electron chi connectivity index (χ3n) is 5.33. The van der Waals surface area contributed by atoms with E-state index in [1.165, 1.54) is 10.2 Å². The molecule has 130 valence electrons. The highest BCUT2D eigenvalue weighted by Gasteiger charge is 2.32. The Kier molecular flexibility index (Phi) is 3.92. The zero-order valence-electron chi connectivity index (χ0n) is 14.6. The molecule has 1 amide bonds. The second kappa shape index (κ2) is 6.11. The number of benzene rings is 1. The van der Waals surface area contributed by atoms with Crippen LogP contribution in [0.5, 0.6) is 0 Å². The van der Waals surface area contributed by atoms with Crippen molar-refractivity contribution in [2.45, 2.75) is 32.4 Å². The van der Waals surface area contributed by atoms with E-state index in [4.69, 9.17) is 0 Å². The second-order valence-electron chi connectivity index (χ2n) is 6.84. The Labute approximate surface area is 146 Å². The summed E-state index contributed by atoms with van der Waals surface area (Å²) in [5.41, 5.74) is 4.07. The predicted molar refractivity (Wildman–Crippen MR) is 95.6 cm³/mol. The predicted octanol–water partition coefficient (Wildman–Crippen LogP) is 1.12. The minimum Gasteiger partial charge on any atom is -0.310 e. The molecule has 3 heterocycles. The van der Waals surface area contributed by atoms with E-state index in [1.807, 2.05) is 30.0 Å². The van der Waals surface area contributed by atoms with Gasteiger partial charge in [0.25, 0.3) is 5.56 Å². The van der Waals surface area contributed by atoms with Crippen LogP contribution < -0.4 is 10.5 Å². The van der Waals surface area contributed by atoms with Gasteiger partial charge in [0.2, 0.25) is 5.91 Å². The molecule has 0 fully saturated rings. The van der Waals surface area contributed by atoms with Crippen LogP contribution in [0.25, 0.3) is 0 Å². The van der Waals surface area contributed by atoms with Gasteiger partial charge >= 0.3 is 0 Å². The van der Waals surface area contributed by atoms with Gasteiger partial charge in [0.15, 0.2) is 0 Å². The van der Waals surface area contributed by atoms with Gasteiger partial charge in [-0.15, -0.1) is 0 Å². The second-order valence-corrected chi connectivity index (χ2v) is 6.84. The summed E-state index contributed by atoms with van der Waals surface area (Å²) in [5.74, 6) is 0.130. The third-order valence-corrected chi connectivity index (χ3v) is 5.33. The van der Waals surface area contributed by atoms with Crippen molar-refractivity contribution in [1.29, 1.82) is 0 Å². The molecule has 0 saturated carbocycles. The maximum Gasteiger partial charge on any atom is 0.266 e. The molecule has 1 aromatic heterocycles. The minimum atomic E-state index is -0.219. The van der Waals surface area contributed by atoms with E-state index in [9.17, 15) is 9.59 Å². The third kappa shape index (κ3) is 2.76. The molecule has 0 radical (unpaired) electrons. The highest BCUT2D eigenvalue weighted by Crippen LogP contribution is 2.29. The number of hydrogen-bond acceptors (Lipinski definition) is 4. The number of aromatic nitrogens is 2. The van der Waals surface area contributed by atoms with E-state index in [0.29, 0.717) is 6.54 Å². The fraction of sp³-hybridized carbons (Fsp3) is 0.421. The number of nitrogens with zero attached hydrogens (tertiary/aromatic N) is 4. The highest BCUT2D eigenvalue weighted by atomic mass is 16.2. The molecule has 6 heteroatoms. The standard InChI is InChI=1S/C19H22N4O2/c1-13(19(25)23-10-7-14-5-3-4-6-17(14)23)22-9-8-16-15(12-22)11-18(24)21(2)20-16/h3-6,11,13H,7-10,12H2,1-2H3/t13-/m0/s1. The normalized spacial score (nSPS) is 17.9. The molecule has 0 saturated heterocycles. The Morgan fingerprint density at radius 1 is 1.16 bits per heavy atom. The highest BCUT2D eigenvalue weighted by molar-refractivity contribution is 5.98. The first-order chi connectivity index (χ1) is 12.0. The summed E-state index contributed by atoms with van der Waals surface area (Å²) in [6.45, 7) is 4.08. The van der Waals surface area contributed by atoms with Crippen LogP contribution in [0.1, 0.15) is 23.7 Å². The van der Waals surface area contributed by atoms with E-state index in [0.717, 1.165) is 42.9 Å². The molecule has 2 aliphatic rings. The quantitative estimate of drug-likeness (QED) is 0.823. The summed E-state index contributed by atoms with van der Waals surface area (Å²) in [6, 6.07) is 9.54. The van der Waals surface area contributed by atoms with Crippen LogP contribution in [-0.2, 0) is 31.2 Å². The number of rotatable bonds is 2.